The van der Waals surface area contributed by atoms with E-state index in [2.05, 4.69) is 4.98 Å². The smallest absolute Gasteiger partial charge is 0.123 e. The molecule has 4 aromatic carbocycles. The van der Waals surface area contributed by atoms with Crippen LogP contribution in [-0.4, -0.2) is 4.98 Å². The van der Waals surface area contributed by atoms with Crippen molar-refractivity contribution in [2.45, 2.75) is 0 Å². The Labute approximate surface area is 148 Å². The second-order valence-corrected chi connectivity index (χ2v) is 6.36. The van der Waals surface area contributed by atoms with Gasteiger partial charge in [-0.25, -0.2) is 8.78 Å². The standard InChI is InChI=1S/C23H13F2N/c24-16-3-1-2-15(13-16)23-22-9-8-19-18-7-5-17(25)12-14(18)4-6-20(19)21(22)10-11-26-23/h1-13H. The number of hydrogen-bond donors (Lipinski definition) is 0. The van der Waals surface area contributed by atoms with Crippen molar-refractivity contribution < 1.29 is 8.78 Å². The molecule has 0 radical (unpaired) electrons. The Morgan fingerprint density at radius 3 is 2.15 bits per heavy atom. The van der Waals surface area contributed by atoms with Gasteiger partial charge in [0.1, 0.15) is 11.6 Å². The zero-order chi connectivity index (χ0) is 17.7. The topological polar surface area (TPSA) is 12.9 Å². The Morgan fingerprint density at radius 1 is 0.577 bits per heavy atom. The minimum atomic E-state index is -0.282. The van der Waals surface area contributed by atoms with Crippen molar-refractivity contribution in [3.8, 4) is 11.3 Å². The first kappa shape index (κ1) is 15.0. The molecule has 124 valence electrons. The molecule has 1 heterocycles. The van der Waals surface area contributed by atoms with Crippen LogP contribution in [0.3, 0.4) is 0 Å². The average molecular weight is 341 g/mol. The largest absolute Gasteiger partial charge is 0.256 e. The summed E-state index contributed by atoms with van der Waals surface area (Å²) >= 11 is 0. The molecule has 0 unspecified atom stereocenters. The summed E-state index contributed by atoms with van der Waals surface area (Å²) in [6, 6.07) is 21.3. The molecular formula is C23H13F2N. The van der Waals surface area contributed by atoms with Crippen LogP contribution < -0.4 is 0 Å². The molecule has 3 heteroatoms. The molecule has 0 amide bonds. The van der Waals surface area contributed by atoms with Gasteiger partial charge in [-0.05, 0) is 57.3 Å². The number of pyridine rings is 1. The first-order valence-corrected chi connectivity index (χ1v) is 8.36. The van der Waals surface area contributed by atoms with Gasteiger partial charge in [-0.2, -0.15) is 0 Å². The molecular weight excluding hydrogens is 328 g/mol. The molecule has 0 atom stereocenters. The highest BCUT2D eigenvalue weighted by Gasteiger charge is 2.10. The highest BCUT2D eigenvalue weighted by molar-refractivity contribution is 6.18. The van der Waals surface area contributed by atoms with Gasteiger partial charge in [0.25, 0.3) is 0 Å². The van der Waals surface area contributed by atoms with E-state index in [0.29, 0.717) is 0 Å². The van der Waals surface area contributed by atoms with Crippen molar-refractivity contribution >= 4 is 32.3 Å². The Balaban J connectivity index is 1.87. The van der Waals surface area contributed by atoms with Crippen molar-refractivity contribution in [3.05, 3.63) is 90.6 Å². The zero-order valence-electron chi connectivity index (χ0n) is 13.7. The lowest BCUT2D eigenvalue weighted by Crippen LogP contribution is -1.88. The van der Waals surface area contributed by atoms with E-state index in [9.17, 15) is 8.78 Å². The number of fused-ring (bicyclic) bond motifs is 5. The summed E-state index contributed by atoms with van der Waals surface area (Å²) in [6.45, 7) is 0. The highest BCUT2D eigenvalue weighted by atomic mass is 19.1. The predicted octanol–water partition coefficient (Wildman–Crippen LogP) is 6.49. The lowest BCUT2D eigenvalue weighted by atomic mass is 9.95. The van der Waals surface area contributed by atoms with Crippen LogP contribution in [0.5, 0.6) is 0 Å². The van der Waals surface area contributed by atoms with Gasteiger partial charge in [0.2, 0.25) is 0 Å². The van der Waals surface area contributed by atoms with Crippen molar-refractivity contribution in [1.29, 1.82) is 0 Å². The van der Waals surface area contributed by atoms with Gasteiger partial charge in [-0.3, -0.25) is 4.98 Å². The van der Waals surface area contributed by atoms with E-state index in [4.69, 9.17) is 0 Å². The Kier molecular flexibility index (Phi) is 3.22. The molecule has 0 spiro atoms. The van der Waals surface area contributed by atoms with Crippen molar-refractivity contribution in [2.75, 3.05) is 0 Å². The number of aromatic nitrogens is 1. The third-order valence-corrected chi connectivity index (χ3v) is 4.82. The predicted molar refractivity (Wildman–Crippen MR) is 102 cm³/mol. The average Bonchev–Trinajstić information content (AvgIpc) is 2.66. The van der Waals surface area contributed by atoms with Gasteiger partial charge in [0.05, 0.1) is 5.69 Å². The summed E-state index contributed by atoms with van der Waals surface area (Å²) in [5.74, 6) is -0.523. The quantitative estimate of drug-likeness (QED) is 0.318. The second kappa shape index (κ2) is 5.60. The van der Waals surface area contributed by atoms with Crippen LogP contribution in [0.2, 0.25) is 0 Å². The van der Waals surface area contributed by atoms with Crippen LogP contribution in [0.15, 0.2) is 79.0 Å². The molecule has 0 saturated carbocycles. The SMILES string of the molecule is Fc1cccc(-c2nccc3c2ccc2c4ccc(F)cc4ccc32)c1. The molecule has 5 aromatic rings. The number of benzene rings is 4. The van der Waals surface area contributed by atoms with E-state index in [0.717, 1.165) is 43.6 Å². The van der Waals surface area contributed by atoms with E-state index in [1.165, 1.54) is 18.2 Å². The van der Waals surface area contributed by atoms with E-state index in [1.807, 2.05) is 42.5 Å². The Morgan fingerprint density at radius 2 is 1.27 bits per heavy atom. The van der Waals surface area contributed by atoms with Crippen molar-refractivity contribution in [1.82, 2.24) is 4.98 Å². The first-order chi connectivity index (χ1) is 12.7. The van der Waals surface area contributed by atoms with Gasteiger partial charge in [-0.1, -0.05) is 42.5 Å². The lowest BCUT2D eigenvalue weighted by Gasteiger charge is -2.11. The monoisotopic (exact) mass is 341 g/mol. The summed E-state index contributed by atoms with van der Waals surface area (Å²) in [7, 11) is 0. The van der Waals surface area contributed by atoms with Gasteiger partial charge in [0.15, 0.2) is 0 Å². The summed E-state index contributed by atoms with van der Waals surface area (Å²) < 4.78 is 27.2. The summed E-state index contributed by atoms with van der Waals surface area (Å²) in [5, 5.41) is 6.02. The summed E-state index contributed by atoms with van der Waals surface area (Å²) in [6.07, 6.45) is 1.75. The van der Waals surface area contributed by atoms with Crippen LogP contribution >= 0.6 is 0 Å². The van der Waals surface area contributed by atoms with Crippen LogP contribution in [-0.2, 0) is 0 Å². The number of nitrogens with zero attached hydrogens (tertiary/aromatic N) is 1. The molecule has 0 fully saturated rings. The van der Waals surface area contributed by atoms with E-state index in [-0.39, 0.29) is 11.6 Å². The van der Waals surface area contributed by atoms with Gasteiger partial charge >= 0.3 is 0 Å². The normalized spacial score (nSPS) is 11.5. The van der Waals surface area contributed by atoms with E-state index >= 15 is 0 Å². The molecule has 1 aromatic heterocycles. The summed E-state index contributed by atoms with van der Waals surface area (Å²) in [4.78, 5) is 4.48. The third kappa shape index (κ3) is 2.25. The number of halogens is 2. The van der Waals surface area contributed by atoms with Crippen molar-refractivity contribution in [3.63, 3.8) is 0 Å². The number of hydrogen-bond acceptors (Lipinski definition) is 1. The lowest BCUT2D eigenvalue weighted by molar-refractivity contribution is 0.628. The van der Waals surface area contributed by atoms with Crippen LogP contribution in [0.1, 0.15) is 0 Å². The maximum atomic E-state index is 13.7. The highest BCUT2D eigenvalue weighted by Crippen LogP contribution is 2.35. The minimum absolute atomic E-state index is 0.241. The third-order valence-electron chi connectivity index (χ3n) is 4.82. The fourth-order valence-corrected chi connectivity index (χ4v) is 3.65. The molecule has 26 heavy (non-hydrogen) atoms. The van der Waals surface area contributed by atoms with Gasteiger partial charge < -0.3 is 0 Å². The molecule has 0 aliphatic rings. The molecule has 0 bridgehead atoms. The second-order valence-electron chi connectivity index (χ2n) is 6.36. The van der Waals surface area contributed by atoms with Crippen LogP contribution in [0.4, 0.5) is 8.78 Å². The Hall–Kier alpha value is -3.33. The van der Waals surface area contributed by atoms with E-state index < -0.39 is 0 Å². The maximum Gasteiger partial charge on any atom is 0.123 e. The molecule has 0 aliphatic heterocycles. The van der Waals surface area contributed by atoms with Gasteiger partial charge in [0, 0.05) is 17.1 Å². The van der Waals surface area contributed by atoms with Gasteiger partial charge in [-0.15, -0.1) is 0 Å². The Bertz CT molecular complexity index is 1310. The maximum absolute atomic E-state index is 13.7. The first-order valence-electron chi connectivity index (χ1n) is 8.36. The van der Waals surface area contributed by atoms with Crippen LogP contribution in [0, 0.1) is 11.6 Å². The fourth-order valence-electron chi connectivity index (χ4n) is 3.65. The molecule has 0 saturated heterocycles. The van der Waals surface area contributed by atoms with Crippen LogP contribution in [0.25, 0.3) is 43.6 Å². The number of rotatable bonds is 1. The molecule has 5 rings (SSSR count). The molecule has 0 aliphatic carbocycles. The minimum Gasteiger partial charge on any atom is -0.256 e. The molecule has 0 N–H and O–H groups in total. The fraction of sp³-hybridized carbons (Fsp3) is 0. The van der Waals surface area contributed by atoms with E-state index in [1.54, 1.807) is 18.3 Å². The summed E-state index contributed by atoms with van der Waals surface area (Å²) in [5.41, 5.74) is 1.50. The van der Waals surface area contributed by atoms with Crippen molar-refractivity contribution in [2.24, 2.45) is 0 Å². The molecule has 1 nitrogen and oxygen atoms in total. The zero-order valence-corrected chi connectivity index (χ0v) is 13.7.